The number of nitro benzene ring substituents is 1. The van der Waals surface area contributed by atoms with Crippen LogP contribution in [0.25, 0.3) is 0 Å². The summed E-state index contributed by atoms with van der Waals surface area (Å²) in [6.07, 6.45) is 2.12. The molecule has 0 saturated carbocycles. The maximum atomic E-state index is 11.8. The second kappa shape index (κ2) is 4.48. The van der Waals surface area contributed by atoms with E-state index in [9.17, 15) is 14.9 Å². The summed E-state index contributed by atoms with van der Waals surface area (Å²) in [6.45, 7) is 4.16. The number of nitrogens with two attached hydrogens (primary N) is 1. The number of hydrogen-bond donors (Lipinski definition) is 1. The summed E-state index contributed by atoms with van der Waals surface area (Å²) in [5, 5.41) is 10.8. The van der Waals surface area contributed by atoms with Crippen molar-refractivity contribution in [2.24, 2.45) is 5.92 Å². The molecule has 0 spiro atoms. The molecule has 1 fully saturated rings. The minimum Gasteiger partial charge on any atom is -0.393 e. The number of nitro groups is 1. The largest absolute Gasteiger partial charge is 0.393 e. The minimum atomic E-state index is -0.551. The Morgan fingerprint density at radius 3 is 2.83 bits per heavy atom. The highest BCUT2D eigenvalue weighted by molar-refractivity contribution is 5.96. The van der Waals surface area contributed by atoms with Crippen molar-refractivity contribution < 1.29 is 9.72 Å². The molecule has 1 saturated heterocycles. The van der Waals surface area contributed by atoms with Gasteiger partial charge in [-0.3, -0.25) is 14.9 Å². The van der Waals surface area contributed by atoms with E-state index >= 15 is 0 Å². The third kappa shape index (κ3) is 2.04. The standard InChI is InChI=1S/C12H13N3O3/c1-2-8-5-12(16)14(7-8)9-3-4-10(13)11(6-9)15(17)18/h2-4,6,8H,1,5,7,13H2. The van der Waals surface area contributed by atoms with Gasteiger partial charge in [0.15, 0.2) is 0 Å². The third-order valence-corrected chi connectivity index (χ3v) is 3.01. The molecule has 1 aliphatic heterocycles. The molecule has 0 aromatic heterocycles. The molecule has 2 rings (SSSR count). The topological polar surface area (TPSA) is 89.5 Å². The number of anilines is 2. The van der Waals surface area contributed by atoms with Crippen molar-refractivity contribution in [2.75, 3.05) is 17.2 Å². The highest BCUT2D eigenvalue weighted by Gasteiger charge is 2.29. The van der Waals surface area contributed by atoms with E-state index in [0.29, 0.717) is 18.7 Å². The number of nitrogens with zero attached hydrogens (tertiary/aromatic N) is 2. The Hall–Kier alpha value is -2.37. The number of carbonyl (C=O) groups is 1. The highest BCUT2D eigenvalue weighted by Crippen LogP contribution is 2.31. The first kappa shape index (κ1) is 12.1. The molecule has 6 nitrogen and oxygen atoms in total. The van der Waals surface area contributed by atoms with E-state index in [1.54, 1.807) is 12.1 Å². The lowest BCUT2D eigenvalue weighted by Crippen LogP contribution is -2.24. The molecule has 1 aliphatic rings. The molecular formula is C12H13N3O3. The van der Waals surface area contributed by atoms with Crippen molar-refractivity contribution in [1.29, 1.82) is 0 Å². The maximum absolute atomic E-state index is 11.8. The lowest BCUT2D eigenvalue weighted by atomic mass is 10.1. The molecular weight excluding hydrogens is 234 g/mol. The molecule has 2 N–H and O–H groups in total. The van der Waals surface area contributed by atoms with Crippen molar-refractivity contribution in [3.05, 3.63) is 41.0 Å². The summed E-state index contributed by atoms with van der Waals surface area (Å²) < 4.78 is 0. The van der Waals surface area contributed by atoms with Gasteiger partial charge in [0, 0.05) is 24.9 Å². The Morgan fingerprint density at radius 2 is 2.28 bits per heavy atom. The zero-order valence-corrected chi connectivity index (χ0v) is 9.70. The molecule has 0 aliphatic carbocycles. The van der Waals surface area contributed by atoms with E-state index in [1.165, 1.54) is 17.0 Å². The summed E-state index contributed by atoms with van der Waals surface area (Å²) in [5.74, 6) is 0.0353. The Bertz CT molecular complexity index is 527. The monoisotopic (exact) mass is 247 g/mol. The zero-order valence-electron chi connectivity index (χ0n) is 9.70. The van der Waals surface area contributed by atoms with Crippen LogP contribution in [0.4, 0.5) is 17.1 Å². The van der Waals surface area contributed by atoms with Crippen molar-refractivity contribution >= 4 is 23.0 Å². The van der Waals surface area contributed by atoms with Crippen LogP contribution < -0.4 is 10.6 Å². The van der Waals surface area contributed by atoms with E-state index in [0.717, 1.165) is 0 Å². The third-order valence-electron chi connectivity index (χ3n) is 3.01. The second-order valence-electron chi connectivity index (χ2n) is 4.20. The Morgan fingerprint density at radius 1 is 1.56 bits per heavy atom. The molecule has 6 heteroatoms. The lowest BCUT2D eigenvalue weighted by Gasteiger charge is -2.16. The predicted octanol–water partition coefficient (Wildman–Crippen LogP) is 1.72. The number of rotatable bonds is 3. The summed E-state index contributed by atoms with van der Waals surface area (Å²) in [6, 6.07) is 4.40. The summed E-state index contributed by atoms with van der Waals surface area (Å²) in [5.41, 5.74) is 5.94. The fourth-order valence-corrected chi connectivity index (χ4v) is 2.00. The Kier molecular flexibility index (Phi) is 3.01. The Balaban J connectivity index is 2.35. The van der Waals surface area contributed by atoms with E-state index in [4.69, 9.17) is 5.73 Å². The van der Waals surface area contributed by atoms with Crippen LogP contribution in [0.15, 0.2) is 30.9 Å². The zero-order chi connectivity index (χ0) is 13.3. The van der Waals surface area contributed by atoms with Crippen LogP contribution in [0.2, 0.25) is 0 Å². The average Bonchev–Trinajstić information content (AvgIpc) is 2.71. The van der Waals surface area contributed by atoms with E-state index in [-0.39, 0.29) is 23.2 Å². The molecule has 1 unspecified atom stereocenters. The van der Waals surface area contributed by atoms with Gasteiger partial charge in [0.1, 0.15) is 5.69 Å². The minimum absolute atomic E-state index is 0.0565. The molecule has 1 amide bonds. The first-order chi connectivity index (χ1) is 8.52. The normalized spacial score (nSPS) is 19.0. The van der Waals surface area contributed by atoms with Gasteiger partial charge in [-0.2, -0.15) is 0 Å². The highest BCUT2D eigenvalue weighted by atomic mass is 16.6. The van der Waals surface area contributed by atoms with Crippen LogP contribution >= 0.6 is 0 Å². The van der Waals surface area contributed by atoms with Crippen LogP contribution in [0.5, 0.6) is 0 Å². The fraction of sp³-hybridized carbons (Fsp3) is 0.250. The van der Waals surface area contributed by atoms with Crippen LogP contribution in [-0.2, 0) is 4.79 Å². The summed E-state index contributed by atoms with van der Waals surface area (Å²) in [4.78, 5) is 23.6. The molecule has 0 radical (unpaired) electrons. The molecule has 18 heavy (non-hydrogen) atoms. The second-order valence-corrected chi connectivity index (χ2v) is 4.20. The number of amides is 1. The Labute approximate surface area is 104 Å². The van der Waals surface area contributed by atoms with E-state index in [1.807, 2.05) is 0 Å². The van der Waals surface area contributed by atoms with Gasteiger partial charge in [0.25, 0.3) is 5.69 Å². The summed E-state index contributed by atoms with van der Waals surface area (Å²) >= 11 is 0. The molecule has 1 atom stereocenters. The lowest BCUT2D eigenvalue weighted by molar-refractivity contribution is -0.383. The number of carbonyl (C=O) groups excluding carboxylic acids is 1. The molecule has 0 bridgehead atoms. The van der Waals surface area contributed by atoms with E-state index < -0.39 is 4.92 Å². The first-order valence-corrected chi connectivity index (χ1v) is 5.49. The van der Waals surface area contributed by atoms with Crippen molar-refractivity contribution in [3.8, 4) is 0 Å². The maximum Gasteiger partial charge on any atom is 0.294 e. The van der Waals surface area contributed by atoms with Gasteiger partial charge in [-0.1, -0.05) is 6.08 Å². The molecule has 1 aromatic rings. The predicted molar refractivity (Wildman–Crippen MR) is 68.2 cm³/mol. The van der Waals surface area contributed by atoms with Crippen LogP contribution in [0.3, 0.4) is 0 Å². The van der Waals surface area contributed by atoms with Gasteiger partial charge in [-0.25, -0.2) is 0 Å². The van der Waals surface area contributed by atoms with E-state index in [2.05, 4.69) is 6.58 Å². The van der Waals surface area contributed by atoms with Crippen molar-refractivity contribution in [2.45, 2.75) is 6.42 Å². The SMILES string of the molecule is C=CC1CC(=O)N(c2ccc(N)c([N+](=O)[O-])c2)C1. The molecule has 1 aromatic carbocycles. The quantitative estimate of drug-likeness (QED) is 0.381. The molecule has 1 heterocycles. The fourth-order valence-electron chi connectivity index (χ4n) is 2.00. The smallest absolute Gasteiger partial charge is 0.294 e. The molecule has 94 valence electrons. The van der Waals surface area contributed by atoms with Crippen LogP contribution in [-0.4, -0.2) is 17.4 Å². The summed E-state index contributed by atoms with van der Waals surface area (Å²) in [7, 11) is 0. The average molecular weight is 247 g/mol. The number of hydrogen-bond acceptors (Lipinski definition) is 4. The van der Waals surface area contributed by atoms with Crippen LogP contribution in [0.1, 0.15) is 6.42 Å². The number of benzene rings is 1. The van der Waals surface area contributed by atoms with Crippen LogP contribution in [0, 0.1) is 16.0 Å². The first-order valence-electron chi connectivity index (χ1n) is 5.49. The number of nitrogen functional groups attached to an aromatic ring is 1. The van der Waals surface area contributed by atoms with Crippen molar-refractivity contribution in [1.82, 2.24) is 0 Å². The van der Waals surface area contributed by atoms with Gasteiger partial charge in [0.2, 0.25) is 5.91 Å². The van der Waals surface area contributed by atoms with Gasteiger partial charge >= 0.3 is 0 Å². The van der Waals surface area contributed by atoms with Gasteiger partial charge in [-0.15, -0.1) is 6.58 Å². The van der Waals surface area contributed by atoms with Crippen molar-refractivity contribution in [3.63, 3.8) is 0 Å². The van der Waals surface area contributed by atoms with Gasteiger partial charge in [-0.05, 0) is 12.1 Å². The van der Waals surface area contributed by atoms with Gasteiger partial charge < -0.3 is 10.6 Å². The van der Waals surface area contributed by atoms with Gasteiger partial charge in [0.05, 0.1) is 10.6 Å².